The summed E-state index contributed by atoms with van der Waals surface area (Å²) in [6.45, 7) is 11.4. The second-order valence-electron chi connectivity index (χ2n) is 13.5. The van der Waals surface area contributed by atoms with Crippen molar-refractivity contribution in [2.45, 2.75) is 110 Å². The molecule has 0 unspecified atom stereocenters. The maximum Gasteiger partial charge on any atom is 0.0701 e. The van der Waals surface area contributed by atoms with Crippen LogP contribution in [0.4, 0.5) is 0 Å². The highest BCUT2D eigenvalue weighted by atomic mass is 16.3. The van der Waals surface area contributed by atoms with Gasteiger partial charge in [0, 0.05) is 24.7 Å². The Morgan fingerprint density at radius 2 is 1.67 bits per heavy atom. The molecule has 3 heteroatoms. The first kappa shape index (κ1) is 20.5. The molecule has 30 heavy (non-hydrogen) atoms. The number of rotatable bonds is 0. The van der Waals surface area contributed by atoms with Crippen LogP contribution in [-0.2, 0) is 0 Å². The number of nitrogens with two attached hydrogens (primary N) is 1. The lowest BCUT2D eigenvalue weighted by Crippen LogP contribution is -2.55. The Bertz CT molecular complexity index is 696. The fourth-order valence-electron chi connectivity index (χ4n) is 11.2. The van der Waals surface area contributed by atoms with Gasteiger partial charge in [0.1, 0.15) is 0 Å². The van der Waals surface area contributed by atoms with Gasteiger partial charge in [-0.05, 0) is 110 Å². The van der Waals surface area contributed by atoms with Gasteiger partial charge in [-0.2, -0.15) is 0 Å². The normalized spacial score (nSPS) is 62.8. The number of hydrogen-bond donors (Lipinski definition) is 2. The minimum absolute atomic E-state index is 0.103. The van der Waals surface area contributed by atoms with Crippen LogP contribution in [0.1, 0.15) is 85.5 Å². The molecule has 6 rings (SSSR count). The van der Waals surface area contributed by atoms with Crippen molar-refractivity contribution in [3.05, 3.63) is 0 Å². The summed E-state index contributed by atoms with van der Waals surface area (Å²) in [6, 6.07) is 1.63. The molecule has 3 nitrogen and oxygen atoms in total. The molecule has 6 aliphatic rings. The average Bonchev–Trinajstić information content (AvgIpc) is 3.15. The Labute approximate surface area is 184 Å². The van der Waals surface area contributed by atoms with Crippen LogP contribution >= 0.6 is 0 Å². The van der Waals surface area contributed by atoms with E-state index < -0.39 is 0 Å². The average molecular weight is 415 g/mol. The molecule has 2 aliphatic heterocycles. The minimum atomic E-state index is -0.103. The Morgan fingerprint density at radius 3 is 2.47 bits per heavy atom. The van der Waals surface area contributed by atoms with E-state index in [0.29, 0.717) is 34.7 Å². The molecule has 170 valence electrons. The second-order valence-corrected chi connectivity index (χ2v) is 13.5. The van der Waals surface area contributed by atoms with Crippen molar-refractivity contribution < 1.29 is 5.11 Å². The third-order valence-corrected chi connectivity index (χ3v) is 12.3. The standard InChI is InChI=1S/C27H46N2O/c1-15-11-23(30)25-16(2)24-22(29(25)14-15)13-21-19-6-5-17-12-18(28)7-9-26(17,3)20(19)8-10-27(21,24)4/h15-25,30H,5-14,28H2,1-4H3/t15-,16-,17-,18-,19+,20-,21-,22-,23+,24-,25+,26-,27-/m0/s1. The molecule has 0 radical (unpaired) electrons. The van der Waals surface area contributed by atoms with E-state index in [4.69, 9.17) is 5.73 Å². The molecule has 0 aromatic rings. The summed E-state index contributed by atoms with van der Waals surface area (Å²) in [4.78, 5) is 2.82. The SMILES string of the molecule is C[C@H]1C[C@@H](O)[C@H]2[C@@H](C)[C@H]3[C@H](C[C@H]4[C@@H]5CC[C@H]6C[C@@H](N)CC[C@]6(C)[C@H]5CC[C@]34C)N2C1. The fourth-order valence-corrected chi connectivity index (χ4v) is 11.2. The molecular weight excluding hydrogens is 368 g/mol. The van der Waals surface area contributed by atoms with Crippen molar-refractivity contribution in [1.82, 2.24) is 4.90 Å². The lowest BCUT2D eigenvalue weighted by atomic mass is 9.44. The lowest BCUT2D eigenvalue weighted by molar-refractivity contribution is -0.118. The van der Waals surface area contributed by atoms with Gasteiger partial charge in [-0.15, -0.1) is 0 Å². The Morgan fingerprint density at radius 1 is 0.900 bits per heavy atom. The molecule has 3 N–H and O–H groups in total. The first-order valence-corrected chi connectivity index (χ1v) is 13.4. The zero-order valence-corrected chi connectivity index (χ0v) is 19.9. The first-order valence-electron chi connectivity index (χ1n) is 13.4. The van der Waals surface area contributed by atoms with Gasteiger partial charge in [0.25, 0.3) is 0 Å². The first-order chi connectivity index (χ1) is 14.2. The molecule has 4 saturated carbocycles. The van der Waals surface area contributed by atoms with Crippen molar-refractivity contribution >= 4 is 0 Å². The summed E-state index contributed by atoms with van der Waals surface area (Å²) in [5, 5.41) is 11.0. The van der Waals surface area contributed by atoms with Crippen molar-refractivity contribution in [3.8, 4) is 0 Å². The molecule has 2 saturated heterocycles. The van der Waals surface area contributed by atoms with Gasteiger partial charge in [0.05, 0.1) is 6.10 Å². The summed E-state index contributed by atoms with van der Waals surface area (Å²) < 4.78 is 0. The van der Waals surface area contributed by atoms with E-state index in [9.17, 15) is 5.11 Å². The number of aliphatic hydroxyl groups excluding tert-OH is 1. The molecule has 6 fully saturated rings. The molecule has 0 amide bonds. The molecule has 13 atom stereocenters. The zero-order chi connectivity index (χ0) is 21.0. The number of aliphatic hydroxyl groups is 1. The molecular formula is C27H46N2O. The van der Waals surface area contributed by atoms with Gasteiger partial charge in [-0.3, -0.25) is 4.90 Å². The van der Waals surface area contributed by atoms with Gasteiger partial charge < -0.3 is 10.8 Å². The van der Waals surface area contributed by atoms with Crippen molar-refractivity contribution in [1.29, 1.82) is 0 Å². The maximum absolute atomic E-state index is 11.0. The Hall–Kier alpha value is -0.120. The van der Waals surface area contributed by atoms with Crippen molar-refractivity contribution in [2.24, 2.45) is 58.0 Å². The lowest BCUT2D eigenvalue weighted by Gasteiger charge is -2.61. The van der Waals surface area contributed by atoms with E-state index >= 15 is 0 Å². The van der Waals surface area contributed by atoms with Crippen LogP contribution in [0.25, 0.3) is 0 Å². The highest BCUT2D eigenvalue weighted by Crippen LogP contribution is 2.70. The summed E-state index contributed by atoms with van der Waals surface area (Å²) in [6.07, 6.45) is 12.0. The topological polar surface area (TPSA) is 49.5 Å². The maximum atomic E-state index is 11.0. The van der Waals surface area contributed by atoms with Crippen molar-refractivity contribution in [2.75, 3.05) is 6.54 Å². The van der Waals surface area contributed by atoms with Gasteiger partial charge >= 0.3 is 0 Å². The van der Waals surface area contributed by atoms with Gasteiger partial charge in [-0.1, -0.05) is 27.7 Å². The molecule has 2 heterocycles. The van der Waals surface area contributed by atoms with Gasteiger partial charge in [0.2, 0.25) is 0 Å². The van der Waals surface area contributed by atoms with Crippen LogP contribution in [0.5, 0.6) is 0 Å². The number of hydrogen-bond acceptors (Lipinski definition) is 3. The van der Waals surface area contributed by atoms with Crippen LogP contribution < -0.4 is 5.73 Å². The van der Waals surface area contributed by atoms with Crippen LogP contribution in [0.2, 0.25) is 0 Å². The smallest absolute Gasteiger partial charge is 0.0701 e. The van der Waals surface area contributed by atoms with Crippen LogP contribution in [-0.4, -0.2) is 40.8 Å². The monoisotopic (exact) mass is 414 g/mol. The predicted octanol–water partition coefficient (Wildman–Crippen LogP) is 4.67. The molecule has 4 aliphatic carbocycles. The van der Waals surface area contributed by atoms with E-state index in [2.05, 4.69) is 32.6 Å². The highest BCUT2D eigenvalue weighted by Gasteiger charge is 2.67. The number of piperidine rings is 1. The second kappa shape index (κ2) is 6.70. The Kier molecular flexibility index (Phi) is 4.58. The van der Waals surface area contributed by atoms with Gasteiger partial charge in [-0.25, -0.2) is 0 Å². The Balaban J connectivity index is 1.30. The summed E-state index contributed by atoms with van der Waals surface area (Å²) >= 11 is 0. The summed E-state index contributed by atoms with van der Waals surface area (Å²) in [5.41, 5.74) is 7.47. The minimum Gasteiger partial charge on any atom is -0.391 e. The third kappa shape index (κ3) is 2.55. The number of fused-ring (bicyclic) bond motifs is 9. The van der Waals surface area contributed by atoms with Crippen LogP contribution in [0.3, 0.4) is 0 Å². The van der Waals surface area contributed by atoms with Crippen molar-refractivity contribution in [3.63, 3.8) is 0 Å². The molecule has 0 bridgehead atoms. The third-order valence-electron chi connectivity index (χ3n) is 12.3. The van der Waals surface area contributed by atoms with E-state index in [0.717, 1.165) is 42.1 Å². The molecule has 0 aromatic heterocycles. The number of nitrogens with zero attached hydrogens (tertiary/aromatic N) is 1. The van der Waals surface area contributed by atoms with Gasteiger partial charge in [0.15, 0.2) is 0 Å². The molecule has 0 aromatic carbocycles. The summed E-state index contributed by atoms with van der Waals surface area (Å²) in [5.74, 6) is 5.79. The quantitative estimate of drug-likeness (QED) is 0.605. The van der Waals surface area contributed by atoms with Crippen LogP contribution in [0.15, 0.2) is 0 Å². The largest absolute Gasteiger partial charge is 0.391 e. The van der Waals surface area contributed by atoms with Crippen LogP contribution in [0, 0.1) is 52.3 Å². The van der Waals surface area contributed by atoms with E-state index in [1.54, 1.807) is 0 Å². The molecule has 0 spiro atoms. The zero-order valence-electron chi connectivity index (χ0n) is 19.9. The summed E-state index contributed by atoms with van der Waals surface area (Å²) in [7, 11) is 0. The van der Waals surface area contributed by atoms with E-state index in [1.807, 2.05) is 0 Å². The van der Waals surface area contributed by atoms with E-state index in [-0.39, 0.29) is 6.10 Å². The van der Waals surface area contributed by atoms with E-state index in [1.165, 1.54) is 57.9 Å². The highest BCUT2D eigenvalue weighted by molar-refractivity contribution is 5.18. The predicted molar refractivity (Wildman–Crippen MR) is 122 cm³/mol. The fraction of sp³-hybridized carbons (Fsp3) is 1.00.